The van der Waals surface area contributed by atoms with E-state index < -0.39 is 28.6 Å². The lowest BCUT2D eigenvalue weighted by molar-refractivity contribution is -0.117. The van der Waals surface area contributed by atoms with Crippen LogP contribution in [0.1, 0.15) is 32.4 Å². The molecule has 11 nitrogen and oxygen atoms in total. The van der Waals surface area contributed by atoms with Crippen molar-refractivity contribution in [2.24, 2.45) is 14.1 Å². The first-order valence-electron chi connectivity index (χ1n) is 9.70. The summed E-state index contributed by atoms with van der Waals surface area (Å²) < 4.78 is 7.36. The zero-order valence-corrected chi connectivity index (χ0v) is 19.2. The van der Waals surface area contributed by atoms with Gasteiger partial charge in [0, 0.05) is 19.5 Å². The summed E-state index contributed by atoms with van der Waals surface area (Å²) in [5, 5.41) is 5.14. The number of aryl methyl sites for hydroxylation is 1. The third-order valence-electron chi connectivity index (χ3n) is 4.53. The zero-order valence-electron chi connectivity index (χ0n) is 18.4. The maximum Gasteiger partial charge on any atom is 0.332 e. The fourth-order valence-corrected chi connectivity index (χ4v) is 3.60. The molecule has 0 fully saturated rings. The van der Waals surface area contributed by atoms with Crippen molar-refractivity contribution in [3.63, 3.8) is 0 Å². The number of imide groups is 1. The summed E-state index contributed by atoms with van der Waals surface area (Å²) in [6, 6.07) is 2.71. The van der Waals surface area contributed by atoms with E-state index in [0.717, 1.165) is 16.3 Å². The molecule has 3 amide bonds. The predicted octanol–water partition coefficient (Wildman–Crippen LogP) is 1.04. The van der Waals surface area contributed by atoms with Crippen LogP contribution in [-0.2, 0) is 30.8 Å². The molecule has 0 aromatic carbocycles. The highest BCUT2D eigenvalue weighted by molar-refractivity contribution is 8.00. The van der Waals surface area contributed by atoms with Gasteiger partial charge in [-0.1, -0.05) is 32.5 Å². The molecule has 3 rings (SSSR count). The Hall–Kier alpha value is -3.41. The van der Waals surface area contributed by atoms with E-state index in [0.29, 0.717) is 11.6 Å². The minimum Gasteiger partial charge on any atom is -0.467 e. The molecule has 0 saturated carbocycles. The molecule has 0 aliphatic heterocycles. The smallest absolute Gasteiger partial charge is 0.332 e. The topological polar surface area (TPSA) is 141 Å². The molecule has 3 aromatic rings. The minimum absolute atomic E-state index is 0.134. The van der Waals surface area contributed by atoms with Gasteiger partial charge in [0.2, 0.25) is 5.91 Å². The summed E-state index contributed by atoms with van der Waals surface area (Å²) in [5.41, 5.74) is -1.34. The Morgan fingerprint density at radius 1 is 1.16 bits per heavy atom. The number of carbonyl (C=O) groups excluding carboxylic acids is 2. The highest BCUT2D eigenvalue weighted by Gasteiger charge is 2.24. The summed E-state index contributed by atoms with van der Waals surface area (Å²) in [4.78, 5) is 58.3. The van der Waals surface area contributed by atoms with E-state index in [1.54, 1.807) is 12.1 Å². The Labute approximate surface area is 187 Å². The summed E-state index contributed by atoms with van der Waals surface area (Å²) in [6.45, 7) is 5.84. The third kappa shape index (κ3) is 4.90. The van der Waals surface area contributed by atoms with Gasteiger partial charge in [0.15, 0.2) is 5.65 Å². The number of fused-ring (bicyclic) bond motifs is 1. The highest BCUT2D eigenvalue weighted by atomic mass is 32.2. The van der Waals surface area contributed by atoms with Gasteiger partial charge in [-0.3, -0.25) is 24.0 Å². The molecule has 170 valence electrons. The monoisotopic (exact) mass is 460 g/mol. The molecular formula is C20H24N6O5S. The van der Waals surface area contributed by atoms with Crippen LogP contribution in [0.2, 0.25) is 0 Å². The van der Waals surface area contributed by atoms with Crippen LogP contribution in [-0.4, -0.2) is 36.8 Å². The van der Waals surface area contributed by atoms with Crippen molar-refractivity contribution in [3.8, 4) is 0 Å². The first-order valence-corrected chi connectivity index (χ1v) is 10.7. The van der Waals surface area contributed by atoms with Crippen LogP contribution in [0.5, 0.6) is 0 Å². The van der Waals surface area contributed by atoms with E-state index in [1.165, 1.54) is 24.9 Å². The van der Waals surface area contributed by atoms with Crippen LogP contribution >= 0.6 is 11.8 Å². The second-order valence-corrected chi connectivity index (χ2v) is 9.07. The Bertz CT molecular complexity index is 1290. The van der Waals surface area contributed by atoms with Crippen LogP contribution in [0.3, 0.4) is 0 Å². The molecular weight excluding hydrogens is 436 g/mol. The van der Waals surface area contributed by atoms with Gasteiger partial charge in [0.1, 0.15) is 22.0 Å². The summed E-state index contributed by atoms with van der Waals surface area (Å²) in [7, 11) is 2.89. The SMILES string of the molecule is Cn1c(=O)c2c(SCC(=O)NC(=O)NCc3ccco3)nc(C(C)(C)C)nc2n(C)c1=O. The maximum absolute atomic E-state index is 12.8. The van der Waals surface area contributed by atoms with Crippen molar-refractivity contribution in [1.82, 2.24) is 29.7 Å². The molecule has 0 bridgehead atoms. The number of thioether (sulfide) groups is 1. The zero-order chi connectivity index (χ0) is 23.6. The molecule has 3 heterocycles. The van der Waals surface area contributed by atoms with Crippen molar-refractivity contribution in [3.05, 3.63) is 50.8 Å². The van der Waals surface area contributed by atoms with Gasteiger partial charge in [0.25, 0.3) is 5.56 Å². The Morgan fingerprint density at radius 2 is 1.88 bits per heavy atom. The first kappa shape index (κ1) is 23.3. The van der Waals surface area contributed by atoms with Crippen LogP contribution < -0.4 is 21.9 Å². The number of hydrogen-bond acceptors (Lipinski definition) is 8. The van der Waals surface area contributed by atoms with Crippen molar-refractivity contribution in [2.45, 2.75) is 37.8 Å². The van der Waals surface area contributed by atoms with E-state index in [4.69, 9.17) is 4.42 Å². The largest absolute Gasteiger partial charge is 0.467 e. The third-order valence-corrected chi connectivity index (χ3v) is 5.51. The summed E-state index contributed by atoms with van der Waals surface area (Å²) in [5.74, 6) is 0.228. The number of nitrogens with one attached hydrogen (secondary N) is 2. The average molecular weight is 461 g/mol. The Balaban J connectivity index is 1.84. The molecule has 2 N–H and O–H groups in total. The Morgan fingerprint density at radius 3 is 2.50 bits per heavy atom. The van der Waals surface area contributed by atoms with E-state index in [1.807, 2.05) is 20.8 Å². The molecule has 0 saturated heterocycles. The lowest BCUT2D eigenvalue weighted by Gasteiger charge is -2.19. The second-order valence-electron chi connectivity index (χ2n) is 8.11. The normalized spacial score (nSPS) is 11.5. The molecule has 0 aliphatic rings. The fraction of sp³-hybridized carbons (Fsp3) is 0.400. The van der Waals surface area contributed by atoms with Gasteiger partial charge in [-0.05, 0) is 12.1 Å². The molecule has 32 heavy (non-hydrogen) atoms. The van der Waals surface area contributed by atoms with Gasteiger partial charge >= 0.3 is 11.7 Å². The number of nitrogens with zero attached hydrogens (tertiary/aromatic N) is 4. The van der Waals surface area contributed by atoms with E-state index >= 15 is 0 Å². The molecule has 3 aromatic heterocycles. The lowest BCUT2D eigenvalue weighted by atomic mass is 9.96. The minimum atomic E-state index is -0.673. The predicted molar refractivity (Wildman–Crippen MR) is 119 cm³/mol. The number of furan rings is 1. The average Bonchev–Trinajstić information content (AvgIpc) is 3.25. The second kappa shape index (κ2) is 8.99. The number of amides is 3. The summed E-state index contributed by atoms with van der Waals surface area (Å²) in [6.07, 6.45) is 1.48. The quantitative estimate of drug-likeness (QED) is 0.425. The molecule has 0 atom stereocenters. The highest BCUT2D eigenvalue weighted by Crippen LogP contribution is 2.26. The standard InChI is InChI=1S/C20H24N6O5S/c1-20(2,3)17-23-14-13(16(28)26(5)19(30)25(14)4)15(24-17)32-10-12(27)22-18(29)21-9-11-7-6-8-31-11/h6-8H,9-10H2,1-5H3,(H2,21,22,27,29). The number of rotatable bonds is 5. The van der Waals surface area contributed by atoms with Crippen LogP contribution in [0.15, 0.2) is 37.4 Å². The number of hydrogen-bond donors (Lipinski definition) is 2. The van der Waals surface area contributed by atoms with Gasteiger partial charge < -0.3 is 9.73 Å². The van der Waals surface area contributed by atoms with Crippen molar-refractivity contribution < 1.29 is 14.0 Å². The van der Waals surface area contributed by atoms with Gasteiger partial charge in [-0.15, -0.1) is 0 Å². The van der Waals surface area contributed by atoms with Crippen LogP contribution in [0.25, 0.3) is 11.0 Å². The van der Waals surface area contributed by atoms with E-state index in [9.17, 15) is 19.2 Å². The maximum atomic E-state index is 12.8. The van der Waals surface area contributed by atoms with Gasteiger partial charge in [-0.25, -0.2) is 19.6 Å². The van der Waals surface area contributed by atoms with Crippen molar-refractivity contribution in [1.29, 1.82) is 0 Å². The molecule has 0 unspecified atom stereocenters. The van der Waals surface area contributed by atoms with Crippen molar-refractivity contribution >= 4 is 34.7 Å². The van der Waals surface area contributed by atoms with Gasteiger partial charge in [0.05, 0.1) is 18.6 Å². The fourth-order valence-electron chi connectivity index (χ4n) is 2.79. The van der Waals surface area contributed by atoms with Gasteiger partial charge in [-0.2, -0.15) is 0 Å². The first-order chi connectivity index (χ1) is 15.0. The van der Waals surface area contributed by atoms with E-state index in [2.05, 4.69) is 20.6 Å². The Kier molecular flexibility index (Phi) is 6.53. The van der Waals surface area contributed by atoms with E-state index in [-0.39, 0.29) is 28.4 Å². The number of urea groups is 1. The number of aromatic nitrogens is 4. The molecule has 0 radical (unpaired) electrons. The number of carbonyl (C=O) groups is 2. The molecule has 12 heteroatoms. The van der Waals surface area contributed by atoms with Crippen LogP contribution in [0.4, 0.5) is 4.79 Å². The lowest BCUT2D eigenvalue weighted by Crippen LogP contribution is -2.40. The summed E-state index contributed by atoms with van der Waals surface area (Å²) >= 11 is 0.993. The molecule has 0 aliphatic carbocycles. The van der Waals surface area contributed by atoms with Crippen molar-refractivity contribution in [2.75, 3.05) is 5.75 Å². The molecule has 0 spiro atoms. The van der Waals surface area contributed by atoms with Crippen LogP contribution in [0, 0.1) is 0 Å².